The van der Waals surface area contributed by atoms with Crippen molar-refractivity contribution in [1.29, 1.82) is 0 Å². The second-order valence-corrected chi connectivity index (χ2v) is 5.64. The third-order valence-corrected chi connectivity index (χ3v) is 4.04. The normalized spacial score (nSPS) is 24.4. The van der Waals surface area contributed by atoms with Crippen molar-refractivity contribution in [3.63, 3.8) is 0 Å². The monoisotopic (exact) mass is 276 g/mol. The lowest BCUT2D eigenvalue weighted by Crippen LogP contribution is -2.74. The van der Waals surface area contributed by atoms with E-state index < -0.39 is 5.92 Å². The van der Waals surface area contributed by atoms with E-state index in [1.165, 1.54) is 17.8 Å². The summed E-state index contributed by atoms with van der Waals surface area (Å²) in [7, 11) is 0. The summed E-state index contributed by atoms with van der Waals surface area (Å²) >= 11 is 1.30. The van der Waals surface area contributed by atoms with Crippen molar-refractivity contribution >= 4 is 18.0 Å². The maximum Gasteiger partial charge on any atom is 0.261 e. The van der Waals surface area contributed by atoms with Gasteiger partial charge in [-0.25, -0.2) is 22.8 Å². The Balaban J connectivity index is 1.81. The van der Waals surface area contributed by atoms with E-state index in [0.717, 1.165) is 31.6 Å². The first-order chi connectivity index (χ1) is 8.59. The number of alkyl halides is 2. The maximum atomic E-state index is 13.2. The lowest BCUT2D eigenvalue weighted by atomic mass is 10.1. The Labute approximate surface area is 111 Å². The molecule has 1 saturated heterocycles. The maximum absolute atomic E-state index is 13.2. The molecule has 2 heterocycles. The molecule has 1 fully saturated rings. The van der Waals surface area contributed by atoms with Crippen molar-refractivity contribution in [3.8, 4) is 0 Å². The number of hydrogen-bond donors (Lipinski definition) is 2. The van der Waals surface area contributed by atoms with Crippen LogP contribution in [0.3, 0.4) is 0 Å². The average molecular weight is 276 g/mol. The summed E-state index contributed by atoms with van der Waals surface area (Å²) in [6.45, 7) is 2.66. The third kappa shape index (κ3) is 3.95. The van der Waals surface area contributed by atoms with Gasteiger partial charge in [-0.2, -0.15) is 0 Å². The van der Waals surface area contributed by atoms with Crippen LogP contribution in [0.15, 0.2) is 11.8 Å². The second-order valence-electron chi connectivity index (χ2n) is 4.74. The van der Waals surface area contributed by atoms with Crippen LogP contribution in [-0.2, 0) is 0 Å². The number of hydrogen-bond acceptors (Lipinski definition) is 3. The van der Waals surface area contributed by atoms with E-state index in [0.29, 0.717) is 6.42 Å². The Morgan fingerprint density at radius 3 is 3.11 bits per heavy atom. The highest BCUT2D eigenvalue weighted by molar-refractivity contribution is 7.95. The largest absolute Gasteiger partial charge is 0.261 e. The van der Waals surface area contributed by atoms with Crippen LogP contribution in [0.4, 0.5) is 8.78 Å². The van der Waals surface area contributed by atoms with Gasteiger partial charge in [-0.05, 0) is 18.9 Å². The van der Waals surface area contributed by atoms with Crippen molar-refractivity contribution in [2.75, 3.05) is 13.1 Å². The molecule has 102 valence electrons. The second kappa shape index (κ2) is 6.02. The molecule has 2 N–H and O–H groups in total. The van der Waals surface area contributed by atoms with Crippen molar-refractivity contribution < 1.29 is 13.8 Å². The summed E-state index contributed by atoms with van der Waals surface area (Å²) in [4.78, 5) is 3.30. The van der Waals surface area contributed by atoms with Crippen molar-refractivity contribution in [3.05, 3.63) is 11.8 Å². The minimum atomic E-state index is -2.54. The average Bonchev–Trinajstić information content (AvgIpc) is 2.35. The van der Waals surface area contributed by atoms with Gasteiger partial charge in [-0.15, -0.1) is 0 Å². The SMILES string of the molecule is CCC1=CCCC(NSN2CCCC(F)(F)C2)=[NH+]1. The van der Waals surface area contributed by atoms with Crippen LogP contribution in [0.1, 0.15) is 39.0 Å². The van der Waals surface area contributed by atoms with Gasteiger partial charge in [-0.1, -0.05) is 6.92 Å². The number of amidine groups is 1. The molecule has 0 aromatic rings. The summed E-state index contributed by atoms with van der Waals surface area (Å²) in [5, 5.41) is 0. The Bertz CT molecular complexity index is 355. The van der Waals surface area contributed by atoms with Crippen LogP contribution in [0.5, 0.6) is 0 Å². The molecule has 2 aliphatic heterocycles. The molecule has 0 aliphatic carbocycles. The predicted octanol–water partition coefficient (Wildman–Crippen LogP) is 1.44. The molecule has 0 spiro atoms. The summed E-state index contributed by atoms with van der Waals surface area (Å²) in [6.07, 6.45) is 5.66. The topological polar surface area (TPSA) is 29.2 Å². The molecule has 2 aliphatic rings. The minimum Gasteiger partial charge on any atom is -0.248 e. The van der Waals surface area contributed by atoms with Crippen LogP contribution in [0, 0.1) is 0 Å². The highest BCUT2D eigenvalue weighted by Crippen LogP contribution is 2.29. The molecule has 0 bridgehead atoms. The smallest absolute Gasteiger partial charge is 0.248 e. The van der Waals surface area contributed by atoms with Crippen LogP contribution in [0.25, 0.3) is 0 Å². The predicted molar refractivity (Wildman–Crippen MR) is 70.1 cm³/mol. The quantitative estimate of drug-likeness (QED) is 0.764. The molecule has 0 unspecified atom stereocenters. The van der Waals surface area contributed by atoms with Gasteiger partial charge < -0.3 is 0 Å². The molecule has 0 radical (unpaired) electrons. The van der Waals surface area contributed by atoms with Crippen molar-refractivity contribution in [1.82, 2.24) is 9.03 Å². The fourth-order valence-corrected chi connectivity index (χ4v) is 3.00. The van der Waals surface area contributed by atoms with Crippen LogP contribution in [0.2, 0.25) is 0 Å². The molecule has 0 aromatic carbocycles. The summed E-state index contributed by atoms with van der Waals surface area (Å²) in [5.41, 5.74) is 1.20. The first kappa shape index (κ1) is 13.8. The van der Waals surface area contributed by atoms with Crippen molar-refractivity contribution in [2.24, 2.45) is 0 Å². The van der Waals surface area contributed by atoms with Gasteiger partial charge in [0.1, 0.15) is 12.1 Å². The van der Waals surface area contributed by atoms with Crippen LogP contribution in [-0.4, -0.2) is 29.2 Å². The summed E-state index contributed by atoms with van der Waals surface area (Å²) < 4.78 is 31.3. The van der Waals surface area contributed by atoms with E-state index in [9.17, 15) is 8.78 Å². The molecular formula is C12H20F2N3S+. The first-order valence-electron chi connectivity index (χ1n) is 6.47. The number of nitrogens with one attached hydrogen (secondary N) is 2. The van der Waals surface area contributed by atoms with Gasteiger partial charge >= 0.3 is 0 Å². The van der Waals surface area contributed by atoms with Gasteiger partial charge in [0.25, 0.3) is 11.8 Å². The van der Waals surface area contributed by atoms with Crippen LogP contribution >= 0.6 is 12.1 Å². The van der Waals surface area contributed by atoms with Gasteiger partial charge in [0, 0.05) is 19.4 Å². The Morgan fingerprint density at radius 2 is 2.39 bits per heavy atom. The Morgan fingerprint density at radius 1 is 1.56 bits per heavy atom. The third-order valence-electron chi connectivity index (χ3n) is 3.13. The zero-order chi connectivity index (χ0) is 13.0. The Kier molecular flexibility index (Phi) is 4.61. The molecule has 0 atom stereocenters. The number of allylic oxidation sites excluding steroid dienone is 2. The van der Waals surface area contributed by atoms with E-state index >= 15 is 0 Å². The van der Waals surface area contributed by atoms with Crippen molar-refractivity contribution in [2.45, 2.75) is 45.0 Å². The summed E-state index contributed by atoms with van der Waals surface area (Å²) in [5.74, 6) is -1.51. The van der Waals surface area contributed by atoms with Gasteiger partial charge in [-0.3, -0.25) is 0 Å². The number of piperidine rings is 1. The fraction of sp³-hybridized carbons (Fsp3) is 0.750. The van der Waals surface area contributed by atoms with E-state index in [-0.39, 0.29) is 13.0 Å². The molecule has 6 heteroatoms. The Hall–Kier alpha value is -0.620. The number of rotatable bonds is 3. The molecule has 3 nitrogen and oxygen atoms in total. The summed E-state index contributed by atoms with van der Waals surface area (Å²) in [6, 6.07) is 0. The van der Waals surface area contributed by atoms with E-state index in [2.05, 4.69) is 22.7 Å². The highest BCUT2D eigenvalue weighted by Gasteiger charge is 2.36. The molecular weight excluding hydrogens is 256 g/mol. The molecule has 0 aromatic heterocycles. The zero-order valence-corrected chi connectivity index (χ0v) is 11.5. The number of halogens is 2. The minimum absolute atomic E-state index is 0.0155. The molecule has 0 amide bonds. The zero-order valence-electron chi connectivity index (χ0n) is 10.6. The van der Waals surface area contributed by atoms with E-state index in [4.69, 9.17) is 0 Å². The highest BCUT2D eigenvalue weighted by atomic mass is 32.2. The lowest BCUT2D eigenvalue weighted by molar-refractivity contribution is -0.406. The standard InChI is InChI=1S/C12H19F2N3S/c1-2-10-5-3-6-11(15-10)16-18-17-8-4-7-12(13,14)9-17/h5H,2-4,6-9H2,1H3,(H,15,16)/p+1. The molecule has 2 rings (SSSR count). The molecule has 0 saturated carbocycles. The van der Waals surface area contributed by atoms with E-state index in [1.54, 1.807) is 4.31 Å². The molecule has 18 heavy (non-hydrogen) atoms. The van der Waals surface area contributed by atoms with Crippen LogP contribution < -0.4 is 9.71 Å². The van der Waals surface area contributed by atoms with Gasteiger partial charge in [0.15, 0.2) is 0 Å². The lowest BCUT2D eigenvalue weighted by Gasteiger charge is -2.29. The number of nitrogens with zero attached hydrogens (tertiary/aromatic N) is 1. The first-order valence-corrected chi connectivity index (χ1v) is 7.24. The van der Waals surface area contributed by atoms with E-state index in [1.807, 2.05) is 0 Å². The fourth-order valence-electron chi connectivity index (χ4n) is 2.14. The van der Waals surface area contributed by atoms with Gasteiger partial charge in [0.05, 0.1) is 18.7 Å². The van der Waals surface area contributed by atoms with Gasteiger partial charge in [0.2, 0.25) is 0 Å².